The molecule has 0 saturated carbocycles. The van der Waals surface area contributed by atoms with Crippen LogP contribution in [0.2, 0.25) is 0 Å². The van der Waals surface area contributed by atoms with E-state index in [2.05, 4.69) is 15.9 Å². The molecule has 0 bridgehead atoms. The first-order chi connectivity index (χ1) is 9.34. The third-order valence-corrected chi connectivity index (χ3v) is 5.72. The van der Waals surface area contributed by atoms with Crippen molar-refractivity contribution >= 4 is 32.0 Å². The zero-order valence-electron chi connectivity index (χ0n) is 11.2. The van der Waals surface area contributed by atoms with E-state index in [0.29, 0.717) is 36.4 Å². The first-order valence-electron chi connectivity index (χ1n) is 6.04. The molecule has 0 radical (unpaired) electrons. The Morgan fingerprint density at radius 2 is 1.90 bits per heavy atom. The van der Waals surface area contributed by atoms with Gasteiger partial charge in [0, 0.05) is 40.3 Å². The molecule has 1 aromatic rings. The Hall–Kier alpha value is -0.900. The van der Waals surface area contributed by atoms with Crippen LogP contribution < -0.4 is 0 Å². The molecule has 1 aliphatic rings. The summed E-state index contributed by atoms with van der Waals surface area (Å²) in [5, 5.41) is 0. The van der Waals surface area contributed by atoms with Crippen LogP contribution in [0.3, 0.4) is 0 Å². The maximum atomic E-state index is 12.2. The zero-order valence-corrected chi connectivity index (χ0v) is 13.6. The van der Waals surface area contributed by atoms with Crippen molar-refractivity contribution < 1.29 is 17.6 Å². The summed E-state index contributed by atoms with van der Waals surface area (Å²) < 4.78 is 31.9. The molecule has 1 amide bonds. The second-order valence-corrected chi connectivity index (χ2v) is 7.45. The first kappa shape index (κ1) is 15.5. The van der Waals surface area contributed by atoms with Gasteiger partial charge in [0.2, 0.25) is 0 Å². The van der Waals surface area contributed by atoms with Crippen LogP contribution in [0.1, 0.15) is 10.4 Å². The van der Waals surface area contributed by atoms with Crippen molar-refractivity contribution in [2.24, 2.45) is 0 Å². The predicted molar refractivity (Wildman–Crippen MR) is 76.5 cm³/mol. The van der Waals surface area contributed by atoms with Gasteiger partial charge in [-0.25, -0.2) is 0 Å². The molecule has 1 aromatic heterocycles. The van der Waals surface area contributed by atoms with Crippen LogP contribution in [0.15, 0.2) is 21.4 Å². The standard InChI is InChI=1S/C11H16BrN3O4S/c1-13(2)20(17,18)15-6-4-14(5-7-15)11(16)9-3-8-19-10(9)12/h3,8H,4-7H2,1-2H3. The molecule has 1 aliphatic heterocycles. The number of rotatable bonds is 3. The molecule has 1 saturated heterocycles. The highest BCUT2D eigenvalue weighted by atomic mass is 79.9. The van der Waals surface area contributed by atoms with Crippen molar-refractivity contribution in [1.29, 1.82) is 0 Å². The monoisotopic (exact) mass is 365 g/mol. The van der Waals surface area contributed by atoms with E-state index in [1.807, 2.05) is 0 Å². The van der Waals surface area contributed by atoms with E-state index < -0.39 is 10.2 Å². The Kier molecular flexibility index (Phi) is 4.52. The summed E-state index contributed by atoms with van der Waals surface area (Å²) >= 11 is 3.17. The maximum Gasteiger partial charge on any atom is 0.281 e. The van der Waals surface area contributed by atoms with Crippen molar-refractivity contribution in [1.82, 2.24) is 13.5 Å². The fourth-order valence-electron chi connectivity index (χ4n) is 1.97. The fraction of sp³-hybridized carbons (Fsp3) is 0.545. The average molecular weight is 366 g/mol. The zero-order chi connectivity index (χ0) is 14.9. The minimum absolute atomic E-state index is 0.160. The van der Waals surface area contributed by atoms with Gasteiger partial charge in [-0.15, -0.1) is 0 Å². The van der Waals surface area contributed by atoms with Gasteiger partial charge in [0.25, 0.3) is 16.1 Å². The topological polar surface area (TPSA) is 74.1 Å². The smallest absolute Gasteiger partial charge is 0.281 e. The summed E-state index contributed by atoms with van der Waals surface area (Å²) in [5.41, 5.74) is 0.453. The van der Waals surface area contributed by atoms with E-state index in [0.717, 1.165) is 0 Å². The van der Waals surface area contributed by atoms with Crippen LogP contribution >= 0.6 is 15.9 Å². The highest BCUT2D eigenvalue weighted by Crippen LogP contribution is 2.20. The van der Waals surface area contributed by atoms with E-state index in [1.54, 1.807) is 11.0 Å². The lowest BCUT2D eigenvalue weighted by atomic mass is 10.2. The lowest BCUT2D eigenvalue weighted by Gasteiger charge is -2.35. The van der Waals surface area contributed by atoms with Crippen molar-refractivity contribution in [3.63, 3.8) is 0 Å². The minimum Gasteiger partial charge on any atom is -0.457 e. The molecular formula is C11H16BrN3O4S. The molecule has 2 rings (SSSR count). The van der Waals surface area contributed by atoms with E-state index in [9.17, 15) is 13.2 Å². The molecule has 2 heterocycles. The number of halogens is 1. The number of piperazine rings is 1. The Morgan fingerprint density at radius 3 is 2.35 bits per heavy atom. The maximum absolute atomic E-state index is 12.2. The molecule has 9 heteroatoms. The second kappa shape index (κ2) is 5.84. The largest absolute Gasteiger partial charge is 0.457 e. The van der Waals surface area contributed by atoms with Gasteiger partial charge < -0.3 is 9.32 Å². The fourth-order valence-corrected chi connectivity index (χ4v) is 3.47. The van der Waals surface area contributed by atoms with Crippen molar-refractivity contribution in [2.75, 3.05) is 40.3 Å². The van der Waals surface area contributed by atoms with E-state index in [4.69, 9.17) is 4.42 Å². The van der Waals surface area contributed by atoms with E-state index >= 15 is 0 Å². The normalized spacial score (nSPS) is 17.7. The lowest BCUT2D eigenvalue weighted by molar-refractivity contribution is 0.0693. The molecule has 0 atom stereocenters. The molecule has 0 aromatic carbocycles. The van der Waals surface area contributed by atoms with Crippen molar-refractivity contribution in [2.45, 2.75) is 0 Å². The Morgan fingerprint density at radius 1 is 1.30 bits per heavy atom. The van der Waals surface area contributed by atoms with Crippen LogP contribution in [-0.4, -0.2) is 68.1 Å². The summed E-state index contributed by atoms with van der Waals surface area (Å²) in [4.78, 5) is 13.9. The van der Waals surface area contributed by atoms with Gasteiger partial charge in [-0.3, -0.25) is 4.79 Å². The minimum atomic E-state index is -3.41. The van der Waals surface area contributed by atoms with Crippen LogP contribution in [0, 0.1) is 0 Å². The lowest BCUT2D eigenvalue weighted by Crippen LogP contribution is -2.53. The molecule has 0 spiro atoms. The summed E-state index contributed by atoms with van der Waals surface area (Å²) in [7, 11) is -0.419. The van der Waals surface area contributed by atoms with Gasteiger partial charge in [0.1, 0.15) is 0 Å². The number of hydrogen-bond donors (Lipinski definition) is 0. The summed E-state index contributed by atoms with van der Waals surface area (Å²) in [5.74, 6) is -0.160. The second-order valence-electron chi connectivity index (χ2n) is 4.59. The van der Waals surface area contributed by atoms with Gasteiger partial charge in [-0.2, -0.15) is 17.0 Å². The highest BCUT2D eigenvalue weighted by Gasteiger charge is 2.31. The number of amides is 1. The third kappa shape index (κ3) is 2.90. The van der Waals surface area contributed by atoms with Gasteiger partial charge >= 0.3 is 0 Å². The Labute approximate surface area is 126 Å². The predicted octanol–water partition coefficient (Wildman–Crippen LogP) is 0.606. The SMILES string of the molecule is CN(C)S(=O)(=O)N1CCN(C(=O)c2ccoc2Br)CC1. The first-order valence-corrected chi connectivity index (χ1v) is 8.23. The highest BCUT2D eigenvalue weighted by molar-refractivity contribution is 9.10. The molecule has 7 nitrogen and oxygen atoms in total. The van der Waals surface area contributed by atoms with Crippen LogP contribution in [-0.2, 0) is 10.2 Å². The molecule has 20 heavy (non-hydrogen) atoms. The average Bonchev–Trinajstić information content (AvgIpc) is 2.84. The summed E-state index contributed by atoms with van der Waals surface area (Å²) in [6, 6.07) is 1.59. The molecule has 0 unspecified atom stereocenters. The number of nitrogens with zero attached hydrogens (tertiary/aromatic N) is 3. The van der Waals surface area contributed by atoms with Crippen LogP contribution in [0.5, 0.6) is 0 Å². The van der Waals surface area contributed by atoms with Gasteiger partial charge in [0.15, 0.2) is 4.67 Å². The van der Waals surface area contributed by atoms with E-state index in [1.165, 1.54) is 29.0 Å². The number of carbonyl (C=O) groups is 1. The molecule has 112 valence electrons. The molecule has 0 N–H and O–H groups in total. The Balaban J connectivity index is 2.02. The molecular weight excluding hydrogens is 350 g/mol. The Bertz CT molecular complexity index is 591. The van der Waals surface area contributed by atoms with E-state index in [-0.39, 0.29) is 5.91 Å². The number of carbonyl (C=O) groups excluding carboxylic acids is 1. The van der Waals surface area contributed by atoms with Gasteiger partial charge in [-0.1, -0.05) is 0 Å². The van der Waals surface area contributed by atoms with Crippen molar-refractivity contribution in [3.05, 3.63) is 22.6 Å². The van der Waals surface area contributed by atoms with Gasteiger partial charge in [-0.05, 0) is 22.0 Å². The summed E-state index contributed by atoms with van der Waals surface area (Å²) in [6.45, 7) is 1.32. The van der Waals surface area contributed by atoms with Gasteiger partial charge in [0.05, 0.1) is 11.8 Å². The molecule has 1 fully saturated rings. The van der Waals surface area contributed by atoms with Crippen LogP contribution in [0.4, 0.5) is 0 Å². The van der Waals surface area contributed by atoms with Crippen LogP contribution in [0.25, 0.3) is 0 Å². The van der Waals surface area contributed by atoms with Crippen molar-refractivity contribution in [3.8, 4) is 0 Å². The third-order valence-electron chi connectivity index (χ3n) is 3.16. The number of hydrogen-bond acceptors (Lipinski definition) is 4. The summed E-state index contributed by atoms with van der Waals surface area (Å²) in [6.07, 6.45) is 1.43. The quantitative estimate of drug-likeness (QED) is 0.786. The molecule has 0 aliphatic carbocycles. The number of furan rings is 1.